The van der Waals surface area contributed by atoms with Gasteiger partial charge in [0.15, 0.2) is 3.95 Å². The predicted octanol–water partition coefficient (Wildman–Crippen LogP) is 4.71. The predicted molar refractivity (Wildman–Crippen MR) is 122 cm³/mol. The molecule has 2 aliphatic heterocycles. The van der Waals surface area contributed by atoms with Gasteiger partial charge in [0.1, 0.15) is 17.5 Å². The molecule has 1 fully saturated rings. The monoisotopic (exact) mass is 459 g/mol. The van der Waals surface area contributed by atoms with Gasteiger partial charge >= 0.3 is 0 Å². The first-order chi connectivity index (χ1) is 15.2. The smallest absolute Gasteiger partial charge is 0.209 e. The molecule has 1 atom stereocenters. The molecule has 0 amide bonds. The summed E-state index contributed by atoms with van der Waals surface area (Å²) in [5, 5.41) is 17.3. The zero-order chi connectivity index (χ0) is 21.2. The third-order valence-corrected chi connectivity index (χ3v) is 7.29. The van der Waals surface area contributed by atoms with Crippen molar-refractivity contribution in [3.63, 3.8) is 0 Å². The third kappa shape index (κ3) is 4.56. The first-order valence-corrected chi connectivity index (χ1v) is 12.1. The zero-order valence-electron chi connectivity index (χ0n) is 17.3. The molecule has 2 aromatic heterocycles. The number of fused-ring (bicyclic) bond motifs is 1. The maximum Gasteiger partial charge on any atom is 0.209 e. The number of hydrogen-bond acceptors (Lipinski definition) is 7. The van der Waals surface area contributed by atoms with E-state index in [2.05, 4.69) is 30.1 Å². The second kappa shape index (κ2) is 9.13. The third-order valence-electron chi connectivity index (χ3n) is 6.06. The molecule has 0 saturated carbocycles. The van der Waals surface area contributed by atoms with Crippen molar-refractivity contribution in [1.82, 2.24) is 29.4 Å². The van der Waals surface area contributed by atoms with E-state index >= 15 is 0 Å². The molecule has 31 heavy (non-hydrogen) atoms. The van der Waals surface area contributed by atoms with Gasteiger partial charge in [0, 0.05) is 25.4 Å². The Labute approximate surface area is 189 Å². The number of para-hydroxylation sites is 1. The van der Waals surface area contributed by atoms with Crippen LogP contribution >= 0.6 is 23.6 Å². The van der Waals surface area contributed by atoms with Crippen LogP contribution in [0.3, 0.4) is 0 Å². The molecule has 0 bridgehead atoms. The highest BCUT2D eigenvalue weighted by atomic mass is 32.1. The van der Waals surface area contributed by atoms with Gasteiger partial charge in [-0.1, -0.05) is 29.9 Å². The van der Waals surface area contributed by atoms with Crippen molar-refractivity contribution in [2.24, 2.45) is 0 Å². The summed E-state index contributed by atoms with van der Waals surface area (Å²) >= 11 is 6.89. The van der Waals surface area contributed by atoms with E-state index in [0.717, 1.165) is 50.5 Å². The minimum absolute atomic E-state index is 0.304. The summed E-state index contributed by atoms with van der Waals surface area (Å²) in [6, 6.07) is 6.58. The minimum Gasteiger partial charge on any atom is -0.328 e. The summed E-state index contributed by atoms with van der Waals surface area (Å²) in [6.45, 7) is 3.60. The Morgan fingerprint density at radius 2 is 2.03 bits per heavy atom. The van der Waals surface area contributed by atoms with Crippen LogP contribution in [0.15, 0.2) is 24.3 Å². The summed E-state index contributed by atoms with van der Waals surface area (Å²) in [5.74, 6) is 2.37. The fourth-order valence-electron chi connectivity index (χ4n) is 4.52. The normalized spacial score (nSPS) is 19.7. The maximum atomic E-state index is 13.9. The van der Waals surface area contributed by atoms with Gasteiger partial charge in [-0.05, 0) is 56.6 Å². The number of aromatic nitrogens is 5. The fourth-order valence-corrected chi connectivity index (χ4v) is 5.52. The highest BCUT2D eigenvalue weighted by Gasteiger charge is 2.27. The van der Waals surface area contributed by atoms with Gasteiger partial charge in [0.25, 0.3) is 0 Å². The molecule has 4 heterocycles. The van der Waals surface area contributed by atoms with Crippen molar-refractivity contribution in [2.75, 3.05) is 18.4 Å². The number of halogens is 1. The standard InChI is InChI=1S/C21H26FN7S2/c22-16-8-3-4-9-17(16)23-20-26-29(21(30)31-20)14-27-11-6-7-15(13-27)19-25-24-18-10-2-1-5-12-28(18)19/h3-4,8-9,15H,1-2,5-7,10-14H2,(H,23,26). The summed E-state index contributed by atoms with van der Waals surface area (Å²) in [5.41, 5.74) is 0.406. The lowest BCUT2D eigenvalue weighted by atomic mass is 9.97. The van der Waals surface area contributed by atoms with Crippen LogP contribution in [0.1, 0.15) is 49.7 Å². The Morgan fingerprint density at radius 1 is 1.13 bits per heavy atom. The molecule has 0 spiro atoms. The van der Waals surface area contributed by atoms with Gasteiger partial charge in [0.2, 0.25) is 5.13 Å². The summed E-state index contributed by atoms with van der Waals surface area (Å²) in [6.07, 6.45) is 6.97. The average Bonchev–Trinajstić information content (AvgIpc) is 3.24. The van der Waals surface area contributed by atoms with E-state index in [9.17, 15) is 4.39 Å². The van der Waals surface area contributed by atoms with Crippen LogP contribution in [0.4, 0.5) is 15.2 Å². The van der Waals surface area contributed by atoms with E-state index in [1.165, 1.54) is 36.7 Å². The highest BCUT2D eigenvalue weighted by molar-refractivity contribution is 7.73. The number of rotatable bonds is 5. The van der Waals surface area contributed by atoms with Crippen molar-refractivity contribution in [3.05, 3.63) is 45.7 Å². The Balaban J connectivity index is 1.28. The Bertz CT molecular complexity index is 1110. The van der Waals surface area contributed by atoms with E-state index in [1.54, 1.807) is 18.2 Å². The SMILES string of the molecule is Fc1ccccc1Nc1nn(CN2CCCC(c3nnc4n3CCCCC4)C2)c(=S)s1. The van der Waals surface area contributed by atoms with Gasteiger partial charge in [0.05, 0.1) is 12.4 Å². The van der Waals surface area contributed by atoms with E-state index in [1.807, 2.05) is 4.68 Å². The summed E-state index contributed by atoms with van der Waals surface area (Å²) in [7, 11) is 0. The molecule has 2 aliphatic rings. The van der Waals surface area contributed by atoms with Gasteiger partial charge < -0.3 is 9.88 Å². The second-order valence-corrected chi connectivity index (χ2v) is 9.89. The van der Waals surface area contributed by atoms with Crippen LogP contribution < -0.4 is 5.32 Å². The van der Waals surface area contributed by atoms with E-state index in [-0.39, 0.29) is 5.82 Å². The first kappa shape index (κ1) is 20.7. The molecule has 5 rings (SSSR count). The number of anilines is 2. The largest absolute Gasteiger partial charge is 0.328 e. The zero-order valence-corrected chi connectivity index (χ0v) is 19.0. The fraction of sp³-hybridized carbons (Fsp3) is 0.524. The van der Waals surface area contributed by atoms with Crippen molar-refractivity contribution < 1.29 is 4.39 Å². The molecule has 0 radical (unpaired) electrons. The first-order valence-electron chi connectivity index (χ1n) is 10.9. The Morgan fingerprint density at radius 3 is 2.94 bits per heavy atom. The van der Waals surface area contributed by atoms with E-state index in [0.29, 0.717) is 27.4 Å². The minimum atomic E-state index is -0.304. The van der Waals surface area contributed by atoms with Crippen LogP contribution in [-0.4, -0.2) is 42.5 Å². The van der Waals surface area contributed by atoms with Gasteiger partial charge in [-0.25, -0.2) is 9.07 Å². The maximum absolute atomic E-state index is 13.9. The number of piperidine rings is 1. The Kier molecular flexibility index (Phi) is 6.10. The lowest BCUT2D eigenvalue weighted by Gasteiger charge is -2.32. The summed E-state index contributed by atoms with van der Waals surface area (Å²) in [4.78, 5) is 2.38. The van der Waals surface area contributed by atoms with Crippen LogP contribution in [0.25, 0.3) is 0 Å². The molecule has 1 N–H and O–H groups in total. The van der Waals surface area contributed by atoms with Crippen molar-refractivity contribution in [1.29, 1.82) is 0 Å². The number of likely N-dealkylation sites (tertiary alicyclic amines) is 1. The van der Waals surface area contributed by atoms with Crippen molar-refractivity contribution >= 4 is 34.4 Å². The van der Waals surface area contributed by atoms with Crippen LogP contribution in [-0.2, 0) is 19.6 Å². The molecular weight excluding hydrogens is 433 g/mol. The second-order valence-electron chi connectivity index (χ2n) is 8.27. The topological polar surface area (TPSA) is 63.8 Å². The number of hydrogen-bond donors (Lipinski definition) is 1. The Hall–Kier alpha value is -2.17. The number of nitrogens with zero attached hydrogens (tertiary/aromatic N) is 6. The quantitative estimate of drug-likeness (QED) is 0.558. The number of nitrogens with one attached hydrogen (secondary N) is 1. The number of aryl methyl sites for hydroxylation is 1. The van der Waals surface area contributed by atoms with Crippen molar-refractivity contribution in [2.45, 2.75) is 57.7 Å². The van der Waals surface area contributed by atoms with Crippen LogP contribution in [0.2, 0.25) is 0 Å². The molecule has 1 saturated heterocycles. The van der Waals surface area contributed by atoms with Crippen LogP contribution in [0.5, 0.6) is 0 Å². The lowest BCUT2D eigenvalue weighted by Crippen LogP contribution is -2.37. The summed E-state index contributed by atoms with van der Waals surface area (Å²) < 4.78 is 18.8. The average molecular weight is 460 g/mol. The van der Waals surface area contributed by atoms with Gasteiger partial charge in [-0.15, -0.1) is 15.3 Å². The molecule has 7 nitrogen and oxygen atoms in total. The molecular formula is C21H26FN7S2. The molecule has 164 valence electrons. The highest BCUT2D eigenvalue weighted by Crippen LogP contribution is 2.29. The molecule has 10 heteroatoms. The van der Waals surface area contributed by atoms with E-state index in [4.69, 9.17) is 12.2 Å². The molecule has 0 aliphatic carbocycles. The lowest BCUT2D eigenvalue weighted by molar-refractivity contribution is 0.153. The van der Waals surface area contributed by atoms with Crippen LogP contribution in [0, 0.1) is 9.77 Å². The molecule has 1 unspecified atom stereocenters. The molecule has 3 aromatic rings. The van der Waals surface area contributed by atoms with Crippen molar-refractivity contribution in [3.8, 4) is 0 Å². The molecule has 1 aromatic carbocycles. The number of benzene rings is 1. The van der Waals surface area contributed by atoms with Gasteiger partial charge in [-0.3, -0.25) is 4.90 Å². The van der Waals surface area contributed by atoms with Gasteiger partial charge in [-0.2, -0.15) is 0 Å². The van der Waals surface area contributed by atoms with E-state index < -0.39 is 0 Å².